The highest BCUT2D eigenvalue weighted by Crippen LogP contribution is 2.10. The van der Waals surface area contributed by atoms with Crippen molar-refractivity contribution in [3.8, 4) is 5.75 Å². The van der Waals surface area contributed by atoms with Crippen molar-refractivity contribution in [3.05, 3.63) is 60.9 Å². The van der Waals surface area contributed by atoms with Crippen molar-refractivity contribution in [2.24, 2.45) is 0 Å². The van der Waals surface area contributed by atoms with E-state index in [1.165, 1.54) is 0 Å². The van der Waals surface area contributed by atoms with E-state index in [0.29, 0.717) is 13.2 Å². The van der Waals surface area contributed by atoms with Gasteiger partial charge < -0.3 is 10.1 Å². The van der Waals surface area contributed by atoms with E-state index in [2.05, 4.69) is 15.7 Å². The van der Waals surface area contributed by atoms with Crippen molar-refractivity contribution in [2.45, 2.75) is 6.42 Å². The molecule has 6 nitrogen and oxygen atoms in total. The number of benzene rings is 2. The molecule has 0 spiro atoms. The molecule has 2 aromatic carbocycles. The molecule has 0 unspecified atom stereocenters. The molecular formula is C17H18N4O2. The standard InChI is InChI=1S/C17H18N4O2/c22-17(18-11-6-12-23-14-7-2-1-3-8-14)20-21-13-19-15-9-4-5-10-16(15)21/h1-5,7-10,13H,6,11-12H2,(H2,18,20,22). The Hall–Kier alpha value is -3.02. The van der Waals surface area contributed by atoms with E-state index in [0.717, 1.165) is 23.2 Å². The number of urea groups is 1. The highest BCUT2D eigenvalue weighted by atomic mass is 16.5. The summed E-state index contributed by atoms with van der Waals surface area (Å²) in [5.74, 6) is 0.835. The topological polar surface area (TPSA) is 68.2 Å². The first kappa shape index (κ1) is 14.9. The van der Waals surface area contributed by atoms with Crippen molar-refractivity contribution >= 4 is 17.1 Å². The Morgan fingerprint density at radius 1 is 1.09 bits per heavy atom. The summed E-state index contributed by atoms with van der Waals surface area (Å²) in [5.41, 5.74) is 4.43. The molecule has 0 aliphatic heterocycles. The Morgan fingerprint density at radius 2 is 1.87 bits per heavy atom. The number of hydrogen-bond acceptors (Lipinski definition) is 3. The molecule has 0 saturated heterocycles. The molecule has 1 aromatic heterocycles. The van der Waals surface area contributed by atoms with Gasteiger partial charge in [0, 0.05) is 6.54 Å². The maximum Gasteiger partial charge on any atom is 0.333 e. The first-order valence-electron chi connectivity index (χ1n) is 7.48. The van der Waals surface area contributed by atoms with Crippen LogP contribution in [-0.2, 0) is 0 Å². The van der Waals surface area contributed by atoms with E-state index in [1.54, 1.807) is 11.0 Å². The summed E-state index contributed by atoms with van der Waals surface area (Å²) in [6.45, 7) is 1.09. The number of rotatable bonds is 6. The number of fused-ring (bicyclic) bond motifs is 1. The molecule has 23 heavy (non-hydrogen) atoms. The van der Waals surface area contributed by atoms with Crippen LogP contribution in [0.3, 0.4) is 0 Å². The molecule has 6 heteroatoms. The number of carbonyl (C=O) groups is 1. The Bertz CT molecular complexity index is 770. The lowest BCUT2D eigenvalue weighted by atomic mass is 10.3. The van der Waals surface area contributed by atoms with Crippen molar-refractivity contribution < 1.29 is 9.53 Å². The monoisotopic (exact) mass is 310 g/mol. The van der Waals surface area contributed by atoms with Crippen molar-refractivity contribution in [1.82, 2.24) is 15.0 Å². The number of carbonyl (C=O) groups excluding carboxylic acids is 1. The van der Waals surface area contributed by atoms with Crippen LogP contribution in [0.25, 0.3) is 11.0 Å². The van der Waals surface area contributed by atoms with Crippen LogP contribution in [0.2, 0.25) is 0 Å². The van der Waals surface area contributed by atoms with E-state index in [-0.39, 0.29) is 6.03 Å². The summed E-state index contributed by atoms with van der Waals surface area (Å²) in [6, 6.07) is 16.9. The first-order valence-corrected chi connectivity index (χ1v) is 7.48. The molecule has 0 atom stereocenters. The number of amides is 2. The van der Waals surface area contributed by atoms with Crippen LogP contribution in [0.4, 0.5) is 4.79 Å². The number of aromatic nitrogens is 2. The van der Waals surface area contributed by atoms with Gasteiger partial charge in [0.05, 0.1) is 17.6 Å². The highest BCUT2D eigenvalue weighted by molar-refractivity contribution is 5.84. The number of nitrogens with zero attached hydrogens (tertiary/aromatic N) is 2. The lowest BCUT2D eigenvalue weighted by Gasteiger charge is -2.09. The second-order valence-corrected chi connectivity index (χ2v) is 4.99. The average molecular weight is 310 g/mol. The zero-order valence-electron chi connectivity index (χ0n) is 12.6. The molecule has 3 aromatic rings. The van der Waals surface area contributed by atoms with Gasteiger partial charge in [0.1, 0.15) is 12.1 Å². The van der Waals surface area contributed by atoms with E-state index < -0.39 is 0 Å². The van der Waals surface area contributed by atoms with Gasteiger partial charge in [0.2, 0.25) is 0 Å². The quantitative estimate of drug-likeness (QED) is 0.688. The smallest absolute Gasteiger partial charge is 0.333 e. The average Bonchev–Trinajstić information content (AvgIpc) is 2.99. The van der Waals surface area contributed by atoms with Crippen LogP contribution in [0, 0.1) is 0 Å². The highest BCUT2D eigenvalue weighted by Gasteiger charge is 2.04. The third-order valence-corrected chi connectivity index (χ3v) is 3.29. The van der Waals surface area contributed by atoms with Crippen molar-refractivity contribution in [3.63, 3.8) is 0 Å². The molecule has 1 heterocycles. The van der Waals surface area contributed by atoms with E-state index in [4.69, 9.17) is 4.74 Å². The summed E-state index contributed by atoms with van der Waals surface area (Å²) >= 11 is 0. The van der Waals surface area contributed by atoms with Gasteiger partial charge in [-0.2, -0.15) is 0 Å². The molecule has 118 valence electrons. The fourth-order valence-electron chi connectivity index (χ4n) is 2.18. The van der Waals surface area contributed by atoms with Gasteiger partial charge in [-0.1, -0.05) is 30.3 Å². The minimum atomic E-state index is -0.270. The minimum Gasteiger partial charge on any atom is -0.494 e. The third kappa shape index (κ3) is 4.00. The lowest BCUT2D eigenvalue weighted by molar-refractivity contribution is 0.247. The van der Waals surface area contributed by atoms with Gasteiger partial charge in [0.25, 0.3) is 0 Å². The Morgan fingerprint density at radius 3 is 2.74 bits per heavy atom. The number of para-hydroxylation sites is 3. The van der Waals surface area contributed by atoms with Gasteiger partial charge in [-0.05, 0) is 30.7 Å². The van der Waals surface area contributed by atoms with Gasteiger partial charge >= 0.3 is 6.03 Å². The Labute approximate surface area is 134 Å². The fourth-order valence-corrected chi connectivity index (χ4v) is 2.18. The number of nitrogens with one attached hydrogen (secondary N) is 2. The normalized spacial score (nSPS) is 10.4. The maximum atomic E-state index is 11.9. The summed E-state index contributed by atoms with van der Waals surface area (Å²) in [5, 5.41) is 2.79. The first-order chi connectivity index (χ1) is 11.3. The molecular weight excluding hydrogens is 292 g/mol. The van der Waals surface area contributed by atoms with Crippen LogP contribution < -0.4 is 15.5 Å². The van der Waals surface area contributed by atoms with Crippen LogP contribution in [-0.4, -0.2) is 28.8 Å². The fraction of sp³-hybridized carbons (Fsp3) is 0.176. The zero-order chi connectivity index (χ0) is 15.9. The summed E-state index contributed by atoms with van der Waals surface area (Å²) in [4.78, 5) is 16.1. The molecule has 0 aliphatic carbocycles. The molecule has 0 radical (unpaired) electrons. The Balaban J connectivity index is 1.40. The van der Waals surface area contributed by atoms with Gasteiger partial charge in [-0.25, -0.2) is 19.9 Å². The second-order valence-electron chi connectivity index (χ2n) is 4.99. The summed E-state index contributed by atoms with van der Waals surface area (Å²) in [7, 11) is 0. The second kappa shape index (κ2) is 7.31. The van der Waals surface area contributed by atoms with Crippen LogP contribution in [0.5, 0.6) is 5.75 Å². The lowest BCUT2D eigenvalue weighted by Crippen LogP contribution is -2.34. The van der Waals surface area contributed by atoms with Crippen LogP contribution in [0.15, 0.2) is 60.9 Å². The van der Waals surface area contributed by atoms with E-state index in [9.17, 15) is 4.79 Å². The van der Waals surface area contributed by atoms with Gasteiger partial charge in [0.15, 0.2) is 0 Å². The minimum absolute atomic E-state index is 0.270. The molecule has 0 fully saturated rings. The molecule has 0 saturated carbocycles. The third-order valence-electron chi connectivity index (χ3n) is 3.29. The summed E-state index contributed by atoms with van der Waals surface area (Å²) < 4.78 is 7.17. The predicted octanol–water partition coefficient (Wildman–Crippen LogP) is 2.76. The van der Waals surface area contributed by atoms with Gasteiger partial charge in [-0.3, -0.25) is 0 Å². The number of hydrogen-bond donors (Lipinski definition) is 2. The molecule has 2 amide bonds. The predicted molar refractivity (Wildman–Crippen MR) is 89.0 cm³/mol. The van der Waals surface area contributed by atoms with Crippen molar-refractivity contribution in [2.75, 3.05) is 18.6 Å². The zero-order valence-corrected chi connectivity index (χ0v) is 12.6. The van der Waals surface area contributed by atoms with E-state index >= 15 is 0 Å². The largest absolute Gasteiger partial charge is 0.494 e. The van der Waals surface area contributed by atoms with Gasteiger partial charge in [-0.15, -0.1) is 0 Å². The van der Waals surface area contributed by atoms with Crippen molar-refractivity contribution in [1.29, 1.82) is 0 Å². The van der Waals surface area contributed by atoms with Crippen LogP contribution >= 0.6 is 0 Å². The molecule has 3 rings (SSSR count). The van der Waals surface area contributed by atoms with Crippen LogP contribution in [0.1, 0.15) is 6.42 Å². The summed E-state index contributed by atoms with van der Waals surface area (Å²) in [6.07, 6.45) is 2.32. The SMILES string of the molecule is O=C(NCCCOc1ccccc1)Nn1cnc2ccccc21. The maximum absolute atomic E-state index is 11.9. The molecule has 0 aliphatic rings. The Kier molecular flexibility index (Phi) is 4.73. The molecule has 2 N–H and O–H groups in total. The number of imidazole rings is 1. The van der Waals surface area contributed by atoms with E-state index in [1.807, 2.05) is 54.6 Å². The number of ether oxygens (including phenoxy) is 1. The molecule has 0 bridgehead atoms.